The normalized spacial score (nSPS) is 10.7. The van der Waals surface area contributed by atoms with E-state index in [2.05, 4.69) is 46.1 Å². The second kappa shape index (κ2) is 9.47. The van der Waals surface area contributed by atoms with Crippen molar-refractivity contribution in [3.63, 3.8) is 0 Å². The zero-order chi connectivity index (χ0) is 20.8. The summed E-state index contributed by atoms with van der Waals surface area (Å²) in [6.45, 7) is 4.67. The van der Waals surface area contributed by atoms with Crippen LogP contribution in [-0.2, 0) is 11.2 Å². The zero-order valence-corrected chi connectivity index (χ0v) is 17.3. The van der Waals surface area contributed by atoms with E-state index in [1.807, 2.05) is 13.1 Å². The molecule has 0 aliphatic heterocycles. The molecule has 0 aliphatic carbocycles. The quantitative estimate of drug-likeness (QED) is 0.466. The Bertz CT molecular complexity index is 1030. The molecule has 1 heterocycles. The van der Waals surface area contributed by atoms with Crippen LogP contribution in [0.2, 0.25) is 5.02 Å². The molecule has 0 atom stereocenters. The van der Waals surface area contributed by atoms with Gasteiger partial charge in [0.15, 0.2) is 0 Å². The van der Waals surface area contributed by atoms with Crippen molar-refractivity contribution >= 4 is 40.1 Å². The van der Waals surface area contributed by atoms with Gasteiger partial charge in [-0.1, -0.05) is 29.8 Å². The summed E-state index contributed by atoms with van der Waals surface area (Å²) in [5.74, 6) is -0.176. The topological polar surface area (TPSA) is 86.0 Å². The summed E-state index contributed by atoms with van der Waals surface area (Å²) in [7, 11) is 0. The lowest BCUT2D eigenvalue weighted by molar-refractivity contribution is -0.116. The minimum atomic E-state index is -0.285. The van der Waals surface area contributed by atoms with Crippen LogP contribution >= 0.6 is 11.6 Å². The molecule has 7 heteroatoms. The van der Waals surface area contributed by atoms with Crippen molar-refractivity contribution in [1.29, 1.82) is 0 Å². The fourth-order valence-electron chi connectivity index (χ4n) is 3.13. The molecule has 3 aromatic rings. The van der Waals surface area contributed by atoms with Gasteiger partial charge in [0.1, 0.15) is 0 Å². The second-order valence-electron chi connectivity index (χ2n) is 7.01. The highest BCUT2D eigenvalue weighted by Crippen LogP contribution is 2.23. The smallest absolute Gasteiger partial charge is 0.314 e. The molecule has 6 nitrogen and oxygen atoms in total. The minimum Gasteiger partial charge on any atom is -0.361 e. The largest absolute Gasteiger partial charge is 0.361 e. The standard InChI is InChI=1S/C22H25ClN4O2/c1-14-6-7-17-16(13-26-20(17)12-14)8-10-24-22(29)25-11-9-21(28)27-19-5-3-4-18(23)15(19)2/h3-7,12-13,26H,8-11H2,1-2H3,(H,27,28)(H2,24,25,29). The SMILES string of the molecule is Cc1ccc2c(CCNC(=O)NCCC(=O)Nc3cccc(Cl)c3C)c[nH]c2c1. The van der Waals surface area contributed by atoms with E-state index in [4.69, 9.17) is 11.6 Å². The second-order valence-corrected chi connectivity index (χ2v) is 7.41. The fraction of sp³-hybridized carbons (Fsp3) is 0.273. The summed E-state index contributed by atoms with van der Waals surface area (Å²) >= 11 is 6.05. The third kappa shape index (κ3) is 5.51. The first kappa shape index (κ1) is 20.7. The number of urea groups is 1. The number of amides is 3. The maximum Gasteiger partial charge on any atom is 0.314 e. The molecule has 29 heavy (non-hydrogen) atoms. The Morgan fingerprint density at radius 2 is 1.86 bits per heavy atom. The van der Waals surface area contributed by atoms with E-state index >= 15 is 0 Å². The molecule has 3 rings (SSSR count). The van der Waals surface area contributed by atoms with E-state index in [1.165, 1.54) is 10.9 Å². The van der Waals surface area contributed by atoms with Gasteiger partial charge in [0, 0.05) is 47.3 Å². The van der Waals surface area contributed by atoms with Crippen molar-refractivity contribution in [2.24, 2.45) is 0 Å². The number of halogens is 1. The number of nitrogens with one attached hydrogen (secondary N) is 4. The summed E-state index contributed by atoms with van der Waals surface area (Å²) in [6.07, 6.45) is 2.89. The van der Waals surface area contributed by atoms with Gasteiger partial charge in [-0.3, -0.25) is 4.79 Å². The van der Waals surface area contributed by atoms with Crippen molar-refractivity contribution in [2.75, 3.05) is 18.4 Å². The van der Waals surface area contributed by atoms with Crippen molar-refractivity contribution in [2.45, 2.75) is 26.7 Å². The van der Waals surface area contributed by atoms with Gasteiger partial charge in [0.2, 0.25) is 5.91 Å². The predicted molar refractivity (Wildman–Crippen MR) is 118 cm³/mol. The lowest BCUT2D eigenvalue weighted by Gasteiger charge is -2.10. The van der Waals surface area contributed by atoms with Crippen LogP contribution in [0.5, 0.6) is 0 Å². The lowest BCUT2D eigenvalue weighted by atomic mass is 10.1. The van der Waals surface area contributed by atoms with Gasteiger partial charge in [-0.15, -0.1) is 0 Å². The highest BCUT2D eigenvalue weighted by molar-refractivity contribution is 6.31. The van der Waals surface area contributed by atoms with Gasteiger partial charge in [-0.05, 0) is 55.2 Å². The molecule has 0 radical (unpaired) electrons. The molecular formula is C22H25ClN4O2. The van der Waals surface area contributed by atoms with Gasteiger partial charge < -0.3 is 20.9 Å². The number of fused-ring (bicyclic) bond motifs is 1. The van der Waals surface area contributed by atoms with Crippen LogP contribution in [0.1, 0.15) is 23.1 Å². The summed E-state index contributed by atoms with van der Waals surface area (Å²) in [6, 6.07) is 11.3. The Hall–Kier alpha value is -2.99. The lowest BCUT2D eigenvalue weighted by Crippen LogP contribution is -2.38. The Labute approximate surface area is 175 Å². The van der Waals surface area contributed by atoms with Gasteiger partial charge in [-0.2, -0.15) is 0 Å². The molecule has 0 saturated carbocycles. The third-order valence-corrected chi connectivity index (χ3v) is 5.19. The minimum absolute atomic E-state index is 0.176. The molecule has 0 aliphatic rings. The first-order valence-corrected chi connectivity index (χ1v) is 9.95. The van der Waals surface area contributed by atoms with Crippen LogP contribution in [0.15, 0.2) is 42.6 Å². The van der Waals surface area contributed by atoms with E-state index < -0.39 is 0 Å². The first-order valence-electron chi connectivity index (χ1n) is 9.57. The van der Waals surface area contributed by atoms with E-state index in [0.29, 0.717) is 17.3 Å². The van der Waals surface area contributed by atoms with E-state index in [0.717, 1.165) is 23.1 Å². The number of hydrogen-bond donors (Lipinski definition) is 4. The average molecular weight is 413 g/mol. The number of anilines is 1. The molecule has 0 bridgehead atoms. The number of carbonyl (C=O) groups is 2. The zero-order valence-electron chi connectivity index (χ0n) is 16.6. The molecule has 2 aromatic carbocycles. The predicted octanol–water partition coefficient (Wildman–Crippen LogP) is 4.31. The average Bonchev–Trinajstić information content (AvgIpc) is 3.07. The number of benzene rings is 2. The van der Waals surface area contributed by atoms with Crippen molar-refractivity contribution in [3.05, 3.63) is 64.3 Å². The maximum absolute atomic E-state index is 12.0. The van der Waals surface area contributed by atoms with Crippen LogP contribution in [0.3, 0.4) is 0 Å². The van der Waals surface area contributed by atoms with E-state index in [9.17, 15) is 9.59 Å². The molecule has 4 N–H and O–H groups in total. The van der Waals surface area contributed by atoms with Crippen LogP contribution in [0.25, 0.3) is 10.9 Å². The molecular weight excluding hydrogens is 388 g/mol. The van der Waals surface area contributed by atoms with Crippen molar-refractivity contribution in [1.82, 2.24) is 15.6 Å². The van der Waals surface area contributed by atoms with Crippen molar-refractivity contribution < 1.29 is 9.59 Å². The number of rotatable bonds is 7. The number of aromatic amines is 1. The number of hydrogen-bond acceptors (Lipinski definition) is 2. The number of aromatic nitrogens is 1. The Kier molecular flexibility index (Phi) is 6.77. The maximum atomic E-state index is 12.0. The highest BCUT2D eigenvalue weighted by atomic mass is 35.5. The van der Waals surface area contributed by atoms with Gasteiger partial charge >= 0.3 is 6.03 Å². The Balaban J connectivity index is 1.37. The monoisotopic (exact) mass is 412 g/mol. The molecule has 0 fully saturated rings. The van der Waals surface area contributed by atoms with Gasteiger partial charge in [0.05, 0.1) is 0 Å². The van der Waals surface area contributed by atoms with Crippen LogP contribution in [0.4, 0.5) is 10.5 Å². The fourth-order valence-corrected chi connectivity index (χ4v) is 3.30. The molecule has 0 saturated heterocycles. The molecule has 152 valence electrons. The third-order valence-electron chi connectivity index (χ3n) is 4.78. The number of H-pyrrole nitrogens is 1. The summed E-state index contributed by atoms with van der Waals surface area (Å²) in [4.78, 5) is 27.2. The van der Waals surface area contributed by atoms with Crippen LogP contribution < -0.4 is 16.0 Å². The van der Waals surface area contributed by atoms with Gasteiger partial charge in [0.25, 0.3) is 0 Å². The Morgan fingerprint density at radius 1 is 1.07 bits per heavy atom. The van der Waals surface area contributed by atoms with Crippen molar-refractivity contribution in [3.8, 4) is 0 Å². The molecule has 0 unspecified atom stereocenters. The Morgan fingerprint density at radius 3 is 2.69 bits per heavy atom. The van der Waals surface area contributed by atoms with Crippen LogP contribution in [-0.4, -0.2) is 30.0 Å². The highest BCUT2D eigenvalue weighted by Gasteiger charge is 2.08. The number of aryl methyl sites for hydroxylation is 1. The summed E-state index contributed by atoms with van der Waals surface area (Å²) < 4.78 is 0. The molecule has 3 amide bonds. The van der Waals surface area contributed by atoms with Crippen LogP contribution in [0, 0.1) is 13.8 Å². The van der Waals surface area contributed by atoms with E-state index in [1.54, 1.807) is 18.2 Å². The summed E-state index contributed by atoms with van der Waals surface area (Å²) in [5, 5.41) is 10.1. The first-order chi connectivity index (χ1) is 13.9. The molecule has 0 spiro atoms. The molecule has 1 aromatic heterocycles. The van der Waals surface area contributed by atoms with E-state index in [-0.39, 0.29) is 24.9 Å². The van der Waals surface area contributed by atoms with Gasteiger partial charge in [-0.25, -0.2) is 4.79 Å². The number of carbonyl (C=O) groups excluding carboxylic acids is 2. The summed E-state index contributed by atoms with van der Waals surface area (Å²) in [5.41, 5.74) is 4.97.